The summed E-state index contributed by atoms with van der Waals surface area (Å²) in [7, 11) is 0. The van der Waals surface area contributed by atoms with Crippen LogP contribution in [-0.2, 0) is 4.79 Å². The van der Waals surface area contributed by atoms with Crippen molar-refractivity contribution in [3.63, 3.8) is 0 Å². The zero-order chi connectivity index (χ0) is 11.1. The zero-order valence-corrected chi connectivity index (χ0v) is 9.51. The molecule has 0 saturated carbocycles. The van der Waals surface area contributed by atoms with E-state index in [1.807, 2.05) is 26.8 Å². The van der Waals surface area contributed by atoms with Crippen LogP contribution in [0.5, 0.6) is 0 Å². The number of aliphatic carboxylic acids is 1. The van der Waals surface area contributed by atoms with Gasteiger partial charge in [-0.25, -0.2) is 0 Å². The molecule has 1 N–H and O–H groups in total. The molecule has 0 amide bonds. The van der Waals surface area contributed by atoms with Gasteiger partial charge in [0.05, 0.1) is 5.41 Å². The molecule has 2 heteroatoms. The summed E-state index contributed by atoms with van der Waals surface area (Å²) in [6.07, 6.45) is 1.88. The average Bonchev–Trinajstić information content (AvgIpc) is 2.11. The number of carbonyl (C=O) groups is 1. The SMILES string of the molecule is CC1=CC(C)(C(=O)O)C(C)C(C)=C1C. The fourth-order valence-electron chi connectivity index (χ4n) is 2.02. The highest BCUT2D eigenvalue weighted by Gasteiger charge is 2.40. The standard InChI is InChI=1S/C12H18O2/c1-7-6-12(5,11(13)14)10(4)9(3)8(7)2/h6,10H,1-5H3,(H,13,14). The van der Waals surface area contributed by atoms with Crippen molar-refractivity contribution < 1.29 is 9.90 Å². The first-order chi connectivity index (χ1) is 6.30. The third kappa shape index (κ3) is 1.39. The lowest BCUT2D eigenvalue weighted by molar-refractivity contribution is -0.147. The van der Waals surface area contributed by atoms with E-state index in [1.165, 1.54) is 11.1 Å². The second kappa shape index (κ2) is 3.26. The van der Waals surface area contributed by atoms with Crippen LogP contribution in [-0.4, -0.2) is 11.1 Å². The van der Waals surface area contributed by atoms with Crippen LogP contribution in [0.3, 0.4) is 0 Å². The van der Waals surface area contributed by atoms with Gasteiger partial charge in [-0.05, 0) is 39.2 Å². The van der Waals surface area contributed by atoms with Gasteiger partial charge in [-0.3, -0.25) is 4.79 Å². The van der Waals surface area contributed by atoms with E-state index in [1.54, 1.807) is 6.92 Å². The topological polar surface area (TPSA) is 37.3 Å². The molecule has 0 aromatic carbocycles. The molecule has 0 aromatic heterocycles. The van der Waals surface area contributed by atoms with Crippen molar-refractivity contribution in [3.05, 3.63) is 22.8 Å². The van der Waals surface area contributed by atoms with Gasteiger partial charge in [0.1, 0.15) is 0 Å². The third-order valence-corrected chi connectivity index (χ3v) is 3.71. The van der Waals surface area contributed by atoms with Crippen molar-refractivity contribution in [2.45, 2.75) is 34.6 Å². The number of rotatable bonds is 1. The number of hydrogen-bond acceptors (Lipinski definition) is 1. The van der Waals surface area contributed by atoms with E-state index < -0.39 is 11.4 Å². The van der Waals surface area contributed by atoms with Crippen LogP contribution >= 0.6 is 0 Å². The Balaban J connectivity index is 3.27. The van der Waals surface area contributed by atoms with Crippen LogP contribution < -0.4 is 0 Å². The van der Waals surface area contributed by atoms with E-state index >= 15 is 0 Å². The van der Waals surface area contributed by atoms with Crippen molar-refractivity contribution in [2.24, 2.45) is 11.3 Å². The molecule has 2 unspecified atom stereocenters. The van der Waals surface area contributed by atoms with Gasteiger partial charge in [-0.1, -0.05) is 24.1 Å². The van der Waals surface area contributed by atoms with E-state index in [2.05, 4.69) is 6.92 Å². The van der Waals surface area contributed by atoms with Gasteiger partial charge in [0, 0.05) is 0 Å². The van der Waals surface area contributed by atoms with Gasteiger partial charge in [0.2, 0.25) is 0 Å². The summed E-state index contributed by atoms with van der Waals surface area (Å²) in [6.45, 7) is 9.83. The van der Waals surface area contributed by atoms with Gasteiger partial charge in [0.25, 0.3) is 0 Å². The fraction of sp³-hybridized carbons (Fsp3) is 0.583. The van der Waals surface area contributed by atoms with E-state index in [9.17, 15) is 9.90 Å². The normalized spacial score (nSPS) is 32.9. The Labute approximate surface area is 85.3 Å². The molecule has 0 aromatic rings. The summed E-state index contributed by atoms with van der Waals surface area (Å²) in [5, 5.41) is 9.22. The maximum atomic E-state index is 11.2. The second-order valence-corrected chi connectivity index (χ2v) is 4.44. The molecule has 0 fully saturated rings. The molecule has 1 rings (SSSR count). The minimum atomic E-state index is -0.742. The molecule has 0 aliphatic heterocycles. The van der Waals surface area contributed by atoms with Crippen LogP contribution in [0.15, 0.2) is 22.8 Å². The zero-order valence-electron chi connectivity index (χ0n) is 9.51. The number of carboxylic acids is 1. The number of hydrogen-bond donors (Lipinski definition) is 1. The highest BCUT2D eigenvalue weighted by Crippen LogP contribution is 2.42. The Bertz CT molecular complexity index is 336. The van der Waals surface area contributed by atoms with E-state index in [0.29, 0.717) is 0 Å². The van der Waals surface area contributed by atoms with Crippen LogP contribution in [0, 0.1) is 11.3 Å². The van der Waals surface area contributed by atoms with Gasteiger partial charge < -0.3 is 5.11 Å². The highest BCUT2D eigenvalue weighted by molar-refractivity contribution is 5.79. The van der Waals surface area contributed by atoms with Crippen molar-refractivity contribution >= 4 is 5.97 Å². The molecule has 0 radical (unpaired) electrons. The Hall–Kier alpha value is -1.05. The molecule has 1 aliphatic rings. The Morgan fingerprint density at radius 2 is 1.93 bits per heavy atom. The van der Waals surface area contributed by atoms with E-state index in [-0.39, 0.29) is 5.92 Å². The van der Waals surface area contributed by atoms with Gasteiger partial charge in [-0.15, -0.1) is 0 Å². The summed E-state index contributed by atoms with van der Waals surface area (Å²) in [5.41, 5.74) is 2.77. The van der Waals surface area contributed by atoms with Gasteiger partial charge >= 0.3 is 5.97 Å². The second-order valence-electron chi connectivity index (χ2n) is 4.44. The lowest BCUT2D eigenvalue weighted by Crippen LogP contribution is -2.35. The molecule has 0 spiro atoms. The highest BCUT2D eigenvalue weighted by atomic mass is 16.4. The monoisotopic (exact) mass is 194 g/mol. The van der Waals surface area contributed by atoms with Crippen LogP contribution in [0.2, 0.25) is 0 Å². The molecule has 78 valence electrons. The Morgan fingerprint density at radius 3 is 2.36 bits per heavy atom. The lowest BCUT2D eigenvalue weighted by atomic mass is 9.68. The summed E-state index contributed by atoms with van der Waals surface area (Å²) < 4.78 is 0. The smallest absolute Gasteiger partial charge is 0.313 e. The van der Waals surface area contributed by atoms with Crippen LogP contribution in [0.1, 0.15) is 34.6 Å². The maximum absolute atomic E-state index is 11.2. The molecular weight excluding hydrogens is 176 g/mol. The summed E-state index contributed by atoms with van der Waals surface area (Å²) in [4.78, 5) is 11.2. The number of carboxylic acid groups (broad SMARTS) is 1. The molecule has 14 heavy (non-hydrogen) atoms. The summed E-state index contributed by atoms with van der Waals surface area (Å²) >= 11 is 0. The van der Waals surface area contributed by atoms with Crippen molar-refractivity contribution in [1.29, 1.82) is 0 Å². The fourth-order valence-corrected chi connectivity index (χ4v) is 2.02. The maximum Gasteiger partial charge on any atom is 0.313 e. The first-order valence-corrected chi connectivity index (χ1v) is 4.91. The minimum absolute atomic E-state index is 0.0729. The molecule has 1 aliphatic carbocycles. The summed E-state index contributed by atoms with van der Waals surface area (Å²) in [6, 6.07) is 0. The van der Waals surface area contributed by atoms with E-state index in [4.69, 9.17) is 0 Å². The van der Waals surface area contributed by atoms with Crippen LogP contribution in [0.4, 0.5) is 0 Å². The summed E-state index contributed by atoms with van der Waals surface area (Å²) in [5.74, 6) is -0.667. The largest absolute Gasteiger partial charge is 0.481 e. The molecule has 0 saturated heterocycles. The number of allylic oxidation sites excluding steroid dienone is 3. The van der Waals surface area contributed by atoms with Gasteiger partial charge in [0.15, 0.2) is 0 Å². The van der Waals surface area contributed by atoms with Crippen molar-refractivity contribution in [2.75, 3.05) is 0 Å². The molecule has 2 nitrogen and oxygen atoms in total. The predicted molar refractivity (Wildman–Crippen MR) is 57.0 cm³/mol. The predicted octanol–water partition coefficient (Wildman–Crippen LogP) is 3.01. The van der Waals surface area contributed by atoms with Gasteiger partial charge in [-0.2, -0.15) is 0 Å². The molecule has 0 bridgehead atoms. The Kier molecular flexibility index (Phi) is 2.57. The quantitative estimate of drug-likeness (QED) is 0.696. The molecule has 0 heterocycles. The minimum Gasteiger partial charge on any atom is -0.481 e. The van der Waals surface area contributed by atoms with Crippen molar-refractivity contribution in [3.8, 4) is 0 Å². The first kappa shape index (κ1) is 11.0. The van der Waals surface area contributed by atoms with E-state index in [0.717, 1.165) is 5.57 Å². The Morgan fingerprint density at radius 1 is 1.43 bits per heavy atom. The molecule has 2 atom stereocenters. The van der Waals surface area contributed by atoms with Crippen molar-refractivity contribution in [1.82, 2.24) is 0 Å². The molecular formula is C12H18O2. The third-order valence-electron chi connectivity index (χ3n) is 3.71. The van der Waals surface area contributed by atoms with Crippen LogP contribution in [0.25, 0.3) is 0 Å². The lowest BCUT2D eigenvalue weighted by Gasteiger charge is -2.35. The average molecular weight is 194 g/mol. The first-order valence-electron chi connectivity index (χ1n) is 4.91.